The summed E-state index contributed by atoms with van der Waals surface area (Å²) in [7, 11) is 0. The molecule has 1 rings (SSSR count). The number of aliphatic imine (C=N–C) groups is 1. The number of carbonyl (C=O) groups excluding carboxylic acids is 1. The zero-order valence-electron chi connectivity index (χ0n) is 13.2. The lowest BCUT2D eigenvalue weighted by Gasteiger charge is -2.13. The van der Waals surface area contributed by atoms with Crippen molar-refractivity contribution in [2.24, 2.45) is 4.99 Å². The first-order valence-corrected chi connectivity index (χ1v) is 7.50. The van der Waals surface area contributed by atoms with Crippen LogP contribution in [0.3, 0.4) is 0 Å². The first-order chi connectivity index (χ1) is 10.6. The molecule has 0 aliphatic heterocycles. The van der Waals surface area contributed by atoms with E-state index < -0.39 is 28.2 Å². The Kier molecular flexibility index (Phi) is 6.53. The van der Waals surface area contributed by atoms with E-state index in [1.54, 1.807) is 27.7 Å². The number of hydrogen-bond acceptors (Lipinski definition) is 5. The Morgan fingerprint density at radius 2 is 2.04 bits per heavy atom. The van der Waals surface area contributed by atoms with Gasteiger partial charge in [-0.25, -0.2) is 14.2 Å². The van der Waals surface area contributed by atoms with Gasteiger partial charge in [-0.3, -0.25) is 4.99 Å². The van der Waals surface area contributed by atoms with Gasteiger partial charge < -0.3 is 9.84 Å². The second-order valence-corrected chi connectivity index (χ2v) is 6.23. The number of aliphatic hydroxyl groups excluding tert-OH is 1. The molecular formula is C15H17Cl2FN2O3. The third-order valence-electron chi connectivity index (χ3n) is 2.47. The minimum Gasteiger partial charge on any atom is -0.506 e. The highest BCUT2D eigenvalue weighted by Gasteiger charge is 2.21. The number of carbonyl (C=O) groups is 1. The molecule has 0 unspecified atom stereocenters. The zero-order valence-corrected chi connectivity index (χ0v) is 14.7. The standard InChI is InChI=1S/C15H17Cl2FN2O3/c1-5-23-14(22)9(7-19-15(2,3)4)11(21)8-6-10(18)13(17)20-12(8)16/h6-7,21H,5H2,1-4H3. The number of aromatic nitrogens is 1. The third-order valence-corrected chi connectivity index (χ3v) is 3.03. The maximum absolute atomic E-state index is 13.6. The summed E-state index contributed by atoms with van der Waals surface area (Å²) in [6.07, 6.45) is 1.16. The molecule has 5 nitrogen and oxygen atoms in total. The van der Waals surface area contributed by atoms with Gasteiger partial charge in [-0.05, 0) is 33.8 Å². The van der Waals surface area contributed by atoms with Gasteiger partial charge in [0.1, 0.15) is 16.5 Å². The summed E-state index contributed by atoms with van der Waals surface area (Å²) in [5.41, 5.74) is -0.935. The van der Waals surface area contributed by atoms with Gasteiger partial charge in [0.05, 0.1) is 17.7 Å². The van der Waals surface area contributed by atoms with E-state index in [-0.39, 0.29) is 22.9 Å². The van der Waals surface area contributed by atoms with Crippen molar-refractivity contribution in [3.8, 4) is 0 Å². The van der Waals surface area contributed by atoms with E-state index in [1.165, 1.54) is 0 Å². The van der Waals surface area contributed by atoms with Crippen LogP contribution in [0, 0.1) is 5.82 Å². The highest BCUT2D eigenvalue weighted by molar-refractivity contribution is 6.34. The van der Waals surface area contributed by atoms with Crippen molar-refractivity contribution >= 4 is 41.1 Å². The van der Waals surface area contributed by atoms with Crippen LogP contribution in [0.15, 0.2) is 16.6 Å². The maximum atomic E-state index is 13.6. The van der Waals surface area contributed by atoms with Crippen LogP contribution in [0.1, 0.15) is 33.3 Å². The topological polar surface area (TPSA) is 71.8 Å². The first-order valence-electron chi connectivity index (χ1n) is 6.74. The fourth-order valence-corrected chi connectivity index (χ4v) is 1.85. The fourth-order valence-electron chi connectivity index (χ4n) is 1.43. The van der Waals surface area contributed by atoms with Gasteiger partial charge in [0.25, 0.3) is 0 Å². The summed E-state index contributed by atoms with van der Waals surface area (Å²) in [6, 6.07) is 0.886. The number of aliphatic hydroxyl groups is 1. The van der Waals surface area contributed by atoms with Crippen LogP contribution in [-0.4, -0.2) is 34.4 Å². The van der Waals surface area contributed by atoms with Crippen molar-refractivity contribution in [2.45, 2.75) is 33.2 Å². The number of halogens is 3. The molecule has 0 amide bonds. The Bertz CT molecular complexity index is 667. The molecule has 0 saturated heterocycles. The van der Waals surface area contributed by atoms with Crippen LogP contribution in [0.25, 0.3) is 5.76 Å². The molecule has 126 valence electrons. The Morgan fingerprint density at radius 3 is 2.57 bits per heavy atom. The molecule has 0 spiro atoms. The number of hydrogen-bond donors (Lipinski definition) is 1. The number of esters is 1. The molecule has 0 aromatic carbocycles. The largest absolute Gasteiger partial charge is 0.506 e. The Morgan fingerprint density at radius 1 is 1.43 bits per heavy atom. The summed E-state index contributed by atoms with van der Waals surface area (Å²) >= 11 is 11.4. The predicted molar refractivity (Wildman–Crippen MR) is 88.6 cm³/mol. The molecule has 1 heterocycles. The van der Waals surface area contributed by atoms with E-state index in [2.05, 4.69) is 9.98 Å². The number of nitrogens with zero attached hydrogens (tertiary/aromatic N) is 2. The molecule has 0 radical (unpaired) electrons. The molecule has 0 saturated carbocycles. The van der Waals surface area contributed by atoms with Crippen LogP contribution < -0.4 is 0 Å². The Hall–Kier alpha value is -1.66. The number of ether oxygens (including phenoxy) is 1. The molecule has 0 aliphatic carbocycles. The molecule has 0 atom stereocenters. The summed E-state index contributed by atoms with van der Waals surface area (Å²) in [6.45, 7) is 7.13. The Balaban J connectivity index is 3.48. The lowest BCUT2D eigenvalue weighted by atomic mass is 10.1. The van der Waals surface area contributed by atoms with Crippen LogP contribution in [-0.2, 0) is 9.53 Å². The SMILES string of the molecule is CCOC(=O)C(C=NC(C)(C)C)=C(O)c1cc(F)c(Cl)nc1Cl. The van der Waals surface area contributed by atoms with Crippen LogP contribution in [0.5, 0.6) is 0 Å². The average Bonchev–Trinajstić information content (AvgIpc) is 2.41. The van der Waals surface area contributed by atoms with Gasteiger partial charge >= 0.3 is 5.97 Å². The van der Waals surface area contributed by atoms with Gasteiger partial charge in [-0.15, -0.1) is 0 Å². The van der Waals surface area contributed by atoms with Crippen molar-refractivity contribution in [3.05, 3.63) is 33.3 Å². The van der Waals surface area contributed by atoms with Crippen LogP contribution >= 0.6 is 23.2 Å². The van der Waals surface area contributed by atoms with Gasteiger partial charge in [0.2, 0.25) is 0 Å². The number of rotatable bonds is 4. The highest BCUT2D eigenvalue weighted by Crippen LogP contribution is 2.27. The minimum absolute atomic E-state index is 0.0972. The van der Waals surface area contributed by atoms with E-state index >= 15 is 0 Å². The predicted octanol–water partition coefficient (Wildman–Crippen LogP) is 4.23. The Labute approximate surface area is 143 Å². The molecule has 8 heteroatoms. The maximum Gasteiger partial charge on any atom is 0.343 e. The molecule has 0 bridgehead atoms. The normalized spacial score (nSPS) is 13.2. The molecule has 0 aliphatic rings. The molecule has 1 aromatic heterocycles. The van der Waals surface area contributed by atoms with Crippen molar-refractivity contribution in [1.82, 2.24) is 4.98 Å². The quantitative estimate of drug-likeness (QED) is 0.286. The van der Waals surface area contributed by atoms with Crippen LogP contribution in [0.4, 0.5) is 4.39 Å². The van der Waals surface area contributed by atoms with Crippen molar-refractivity contribution in [3.63, 3.8) is 0 Å². The van der Waals surface area contributed by atoms with Crippen LogP contribution in [0.2, 0.25) is 10.3 Å². The third kappa shape index (κ3) is 5.48. The molecular weight excluding hydrogens is 346 g/mol. The van der Waals surface area contributed by atoms with Gasteiger partial charge in [-0.2, -0.15) is 0 Å². The van der Waals surface area contributed by atoms with Gasteiger partial charge in [0, 0.05) is 6.21 Å². The van der Waals surface area contributed by atoms with Crippen molar-refractivity contribution in [2.75, 3.05) is 6.61 Å². The first kappa shape index (κ1) is 19.4. The molecule has 0 fully saturated rings. The van der Waals surface area contributed by atoms with E-state index in [0.717, 1.165) is 12.3 Å². The monoisotopic (exact) mass is 362 g/mol. The second kappa shape index (κ2) is 7.75. The van der Waals surface area contributed by atoms with Gasteiger partial charge in [0.15, 0.2) is 11.0 Å². The summed E-state index contributed by atoms with van der Waals surface area (Å²) in [5.74, 6) is -2.29. The van der Waals surface area contributed by atoms with Crippen molar-refractivity contribution in [1.29, 1.82) is 0 Å². The van der Waals surface area contributed by atoms with E-state index in [0.29, 0.717) is 0 Å². The second-order valence-electron chi connectivity index (χ2n) is 5.51. The summed E-state index contributed by atoms with van der Waals surface area (Å²) in [5, 5.41) is 9.64. The molecule has 1 aromatic rings. The van der Waals surface area contributed by atoms with Gasteiger partial charge in [-0.1, -0.05) is 23.2 Å². The summed E-state index contributed by atoms with van der Waals surface area (Å²) < 4.78 is 18.4. The zero-order chi connectivity index (χ0) is 17.8. The molecule has 23 heavy (non-hydrogen) atoms. The highest BCUT2D eigenvalue weighted by atomic mass is 35.5. The number of pyridine rings is 1. The van der Waals surface area contributed by atoms with E-state index in [4.69, 9.17) is 27.9 Å². The minimum atomic E-state index is -0.881. The summed E-state index contributed by atoms with van der Waals surface area (Å²) in [4.78, 5) is 19.7. The average molecular weight is 363 g/mol. The van der Waals surface area contributed by atoms with E-state index in [1.807, 2.05) is 0 Å². The smallest absolute Gasteiger partial charge is 0.343 e. The lowest BCUT2D eigenvalue weighted by molar-refractivity contribution is -0.137. The van der Waals surface area contributed by atoms with Crippen molar-refractivity contribution < 1.29 is 19.0 Å². The fraction of sp³-hybridized carbons (Fsp3) is 0.400. The molecule has 1 N–H and O–H groups in total. The lowest BCUT2D eigenvalue weighted by Crippen LogP contribution is -2.15. The van der Waals surface area contributed by atoms with E-state index in [9.17, 15) is 14.3 Å².